The molecule has 1 heterocycles. The highest BCUT2D eigenvalue weighted by atomic mass is 16.6. The van der Waals surface area contributed by atoms with Gasteiger partial charge in [-0.2, -0.15) is 0 Å². The summed E-state index contributed by atoms with van der Waals surface area (Å²) in [5.41, 5.74) is -1.76. The number of hydrogen-bond donors (Lipinski definition) is 3. The number of hydrogen-bond acceptors (Lipinski definition) is 7. The molecule has 0 radical (unpaired) electrons. The first-order chi connectivity index (χ1) is 13.5. The third-order valence-corrected chi connectivity index (χ3v) is 8.87. The minimum atomic E-state index is -1.05. The Hall–Kier alpha value is -0.990. The van der Waals surface area contributed by atoms with Crippen LogP contribution in [0.2, 0.25) is 0 Å². The van der Waals surface area contributed by atoms with Crippen molar-refractivity contribution in [2.45, 2.75) is 64.8 Å². The summed E-state index contributed by atoms with van der Waals surface area (Å²) in [6, 6.07) is 0. The van der Waals surface area contributed by atoms with Crippen LogP contribution >= 0.6 is 0 Å². The monoisotopic (exact) mass is 410 g/mol. The predicted octanol–water partition coefficient (Wildman–Crippen LogP) is 1.10. The van der Waals surface area contributed by atoms with Gasteiger partial charge in [0.1, 0.15) is 0 Å². The van der Waals surface area contributed by atoms with Crippen molar-refractivity contribution in [3.05, 3.63) is 11.8 Å². The second-order valence-electron chi connectivity index (χ2n) is 9.97. The van der Waals surface area contributed by atoms with Gasteiger partial charge in [-0.1, -0.05) is 27.7 Å². The third kappa shape index (κ3) is 2.45. The maximum absolute atomic E-state index is 13.7. The lowest BCUT2D eigenvalue weighted by Crippen LogP contribution is -2.77. The van der Waals surface area contributed by atoms with E-state index in [4.69, 9.17) is 14.2 Å². The van der Waals surface area contributed by atoms with E-state index in [1.54, 1.807) is 13.2 Å². The van der Waals surface area contributed by atoms with Gasteiger partial charge in [-0.15, -0.1) is 0 Å². The quantitative estimate of drug-likeness (QED) is 0.626. The first kappa shape index (κ1) is 21.2. The van der Waals surface area contributed by atoms with Gasteiger partial charge in [-0.25, -0.2) is 0 Å². The average Bonchev–Trinajstić information content (AvgIpc) is 2.65. The topological polar surface area (TPSA) is 105 Å². The van der Waals surface area contributed by atoms with Gasteiger partial charge in [0.05, 0.1) is 31.5 Å². The Bertz CT molecular complexity index is 722. The van der Waals surface area contributed by atoms with E-state index in [9.17, 15) is 20.1 Å². The van der Waals surface area contributed by atoms with E-state index >= 15 is 0 Å². The molecule has 164 valence electrons. The molecule has 29 heavy (non-hydrogen) atoms. The van der Waals surface area contributed by atoms with Crippen LogP contribution in [0.5, 0.6) is 0 Å². The highest BCUT2D eigenvalue weighted by Gasteiger charge is 2.75. The molecule has 0 aromatic heterocycles. The van der Waals surface area contributed by atoms with Crippen LogP contribution in [0.25, 0.3) is 0 Å². The van der Waals surface area contributed by atoms with Gasteiger partial charge < -0.3 is 29.5 Å². The van der Waals surface area contributed by atoms with Crippen LogP contribution in [-0.2, 0) is 19.0 Å². The smallest absolute Gasteiger partial charge is 0.203 e. The summed E-state index contributed by atoms with van der Waals surface area (Å²) in [6.45, 7) is 7.80. The Morgan fingerprint density at radius 2 is 1.79 bits per heavy atom. The fourth-order valence-electron chi connectivity index (χ4n) is 7.89. The molecule has 3 fully saturated rings. The zero-order valence-corrected chi connectivity index (χ0v) is 18.0. The average molecular weight is 411 g/mol. The first-order valence-electron chi connectivity index (χ1n) is 10.6. The normalized spacial score (nSPS) is 56.9. The fraction of sp³-hybridized carbons (Fsp3) is 0.864. The molecular weight excluding hydrogens is 376 g/mol. The Labute approximate surface area is 172 Å². The lowest BCUT2D eigenvalue weighted by Gasteiger charge is -2.70. The second-order valence-corrected chi connectivity index (χ2v) is 9.97. The van der Waals surface area contributed by atoms with Crippen molar-refractivity contribution in [2.24, 2.45) is 40.4 Å². The summed E-state index contributed by atoms with van der Waals surface area (Å²) in [5, 5.41) is 33.5. The number of aliphatic hydroxyl groups is 3. The SMILES string of the molecule is COC1=CC(C)C2C(O)C3OC(O)CC4C(C)C(OC)C(O)C(C2(C)C1=O)C43C. The molecule has 0 amide bonds. The van der Waals surface area contributed by atoms with Gasteiger partial charge >= 0.3 is 0 Å². The molecule has 4 aliphatic rings. The Kier molecular flexibility index (Phi) is 4.95. The molecule has 0 aromatic rings. The predicted molar refractivity (Wildman–Crippen MR) is 103 cm³/mol. The van der Waals surface area contributed by atoms with Gasteiger partial charge in [0.25, 0.3) is 0 Å². The van der Waals surface area contributed by atoms with Crippen molar-refractivity contribution in [3.8, 4) is 0 Å². The van der Waals surface area contributed by atoms with E-state index in [2.05, 4.69) is 0 Å². The molecule has 12 atom stereocenters. The zero-order valence-electron chi connectivity index (χ0n) is 18.0. The number of carbonyl (C=O) groups excluding carboxylic acids is 1. The molecule has 0 bridgehead atoms. The standard InChI is InChI=1S/C22H34O7/c1-9-7-12(27-5)19(26)22(4)14(9)15(24)20-21(3)11(8-13(23)29-20)10(2)17(28-6)16(25)18(21)22/h7,9-11,13-18,20,23-25H,8H2,1-6H3. The molecule has 1 saturated heterocycles. The van der Waals surface area contributed by atoms with E-state index in [0.717, 1.165) is 0 Å². The van der Waals surface area contributed by atoms with E-state index in [-0.39, 0.29) is 29.3 Å². The van der Waals surface area contributed by atoms with Crippen molar-refractivity contribution in [1.82, 2.24) is 0 Å². The van der Waals surface area contributed by atoms with E-state index in [1.807, 2.05) is 27.7 Å². The number of methoxy groups -OCH3 is 2. The van der Waals surface area contributed by atoms with Crippen LogP contribution in [-0.4, -0.2) is 66.0 Å². The zero-order chi connectivity index (χ0) is 21.5. The van der Waals surface area contributed by atoms with Crippen LogP contribution in [0.3, 0.4) is 0 Å². The number of ketones is 1. The van der Waals surface area contributed by atoms with Crippen molar-refractivity contribution < 1.29 is 34.3 Å². The van der Waals surface area contributed by atoms with Gasteiger partial charge in [0.2, 0.25) is 5.78 Å². The van der Waals surface area contributed by atoms with Crippen LogP contribution in [0.1, 0.15) is 34.1 Å². The van der Waals surface area contributed by atoms with E-state index < -0.39 is 53.4 Å². The fourth-order valence-corrected chi connectivity index (χ4v) is 7.89. The first-order valence-corrected chi connectivity index (χ1v) is 10.6. The molecule has 1 aliphatic heterocycles. The number of Topliss-reactive ketones (excluding diaryl/α,β-unsaturated/α-hetero) is 1. The van der Waals surface area contributed by atoms with Crippen molar-refractivity contribution in [2.75, 3.05) is 14.2 Å². The lowest BCUT2D eigenvalue weighted by molar-refractivity contribution is -0.349. The lowest BCUT2D eigenvalue weighted by atomic mass is 9.37. The largest absolute Gasteiger partial charge is 0.493 e. The highest BCUT2D eigenvalue weighted by molar-refractivity contribution is 5.99. The molecule has 12 unspecified atom stereocenters. The molecule has 3 N–H and O–H groups in total. The summed E-state index contributed by atoms with van der Waals surface area (Å²) in [7, 11) is 3.05. The van der Waals surface area contributed by atoms with Crippen molar-refractivity contribution >= 4 is 5.78 Å². The summed E-state index contributed by atoms with van der Waals surface area (Å²) >= 11 is 0. The Morgan fingerprint density at radius 1 is 1.14 bits per heavy atom. The maximum Gasteiger partial charge on any atom is 0.203 e. The number of allylic oxidation sites excluding steroid dienone is 2. The van der Waals surface area contributed by atoms with E-state index in [0.29, 0.717) is 6.42 Å². The summed E-state index contributed by atoms with van der Waals surface area (Å²) in [4.78, 5) is 13.7. The number of rotatable bonds is 2. The molecule has 7 nitrogen and oxygen atoms in total. The molecule has 2 saturated carbocycles. The summed E-state index contributed by atoms with van der Waals surface area (Å²) in [5.74, 6) is -1.22. The Morgan fingerprint density at radius 3 is 2.38 bits per heavy atom. The minimum Gasteiger partial charge on any atom is -0.493 e. The van der Waals surface area contributed by atoms with Crippen molar-refractivity contribution in [3.63, 3.8) is 0 Å². The number of fused-ring (bicyclic) bond motifs is 2. The molecule has 3 aliphatic carbocycles. The van der Waals surface area contributed by atoms with Crippen molar-refractivity contribution in [1.29, 1.82) is 0 Å². The number of aliphatic hydroxyl groups excluding tert-OH is 3. The molecule has 0 spiro atoms. The maximum atomic E-state index is 13.7. The van der Waals surface area contributed by atoms with Gasteiger partial charge in [-0.05, 0) is 23.8 Å². The molecule has 4 rings (SSSR count). The molecule has 0 aromatic carbocycles. The third-order valence-electron chi connectivity index (χ3n) is 8.87. The summed E-state index contributed by atoms with van der Waals surface area (Å²) in [6.07, 6.45) is -1.88. The second kappa shape index (κ2) is 6.76. The van der Waals surface area contributed by atoms with Gasteiger partial charge in [0, 0.05) is 36.2 Å². The van der Waals surface area contributed by atoms with Gasteiger partial charge in [-0.3, -0.25) is 4.79 Å². The number of ether oxygens (including phenoxy) is 3. The number of carbonyl (C=O) groups is 1. The van der Waals surface area contributed by atoms with Crippen LogP contribution in [0.4, 0.5) is 0 Å². The highest BCUT2D eigenvalue weighted by Crippen LogP contribution is 2.68. The van der Waals surface area contributed by atoms with Crippen LogP contribution in [0, 0.1) is 40.4 Å². The molecule has 7 heteroatoms. The Balaban J connectivity index is 1.96. The van der Waals surface area contributed by atoms with Crippen LogP contribution < -0.4 is 0 Å². The van der Waals surface area contributed by atoms with E-state index in [1.165, 1.54) is 7.11 Å². The summed E-state index contributed by atoms with van der Waals surface area (Å²) < 4.78 is 17.0. The molecular formula is C22H34O7. The van der Waals surface area contributed by atoms with Gasteiger partial charge in [0.15, 0.2) is 12.0 Å². The minimum absolute atomic E-state index is 0.0711. The van der Waals surface area contributed by atoms with Crippen LogP contribution in [0.15, 0.2) is 11.8 Å².